The maximum absolute atomic E-state index is 13.8. The summed E-state index contributed by atoms with van der Waals surface area (Å²) in [5, 5.41) is 7.00. The van der Waals surface area contributed by atoms with Gasteiger partial charge in [-0.3, -0.25) is 4.31 Å². The molecule has 0 radical (unpaired) electrons. The molecule has 4 rings (SSSR count). The first-order valence-corrected chi connectivity index (χ1v) is 13.3. The highest BCUT2D eigenvalue weighted by Crippen LogP contribution is 2.36. The number of anilines is 1. The molecule has 0 bridgehead atoms. The summed E-state index contributed by atoms with van der Waals surface area (Å²) >= 11 is 8.21. The van der Waals surface area contributed by atoms with Crippen LogP contribution in [0.15, 0.2) is 36.9 Å². The van der Waals surface area contributed by atoms with Gasteiger partial charge in [0.25, 0.3) is 0 Å². The number of nitrogens with zero attached hydrogens (tertiary/aromatic N) is 5. The molecule has 1 saturated heterocycles. The van der Waals surface area contributed by atoms with Gasteiger partial charge >= 0.3 is 6.18 Å². The van der Waals surface area contributed by atoms with E-state index in [1.54, 1.807) is 16.5 Å². The van der Waals surface area contributed by atoms with Crippen molar-refractivity contribution in [3.63, 3.8) is 0 Å². The minimum atomic E-state index is -4.62. The Hall–Kier alpha value is -2.34. The predicted octanol–water partition coefficient (Wildman–Crippen LogP) is 5.83. The molecule has 3 heterocycles. The number of alkyl halides is 3. The number of halogens is 4. The lowest BCUT2D eigenvalue weighted by Crippen LogP contribution is -2.35. The number of rotatable bonds is 8. The van der Waals surface area contributed by atoms with E-state index in [1.807, 2.05) is 38.3 Å². The number of benzene rings is 1. The van der Waals surface area contributed by atoms with Crippen LogP contribution in [0.4, 0.5) is 19.1 Å². The van der Waals surface area contributed by atoms with Gasteiger partial charge in [0.15, 0.2) is 0 Å². The molecule has 194 valence electrons. The Labute approximate surface area is 218 Å². The standard InChI is InChI=1S/C24H29ClF3N7S/c1-4-29-15(2)16-5-6-21(19(25)11-16)34-13-20(31-14-34)22-18(24(26,27)28)12-30-23(33-22)32-17-7-9-35(36-3)10-8-17/h5-6,11-15,17,29H,4,7-10H2,1-3H3,(H,30,32,33). The molecule has 0 saturated carbocycles. The highest BCUT2D eigenvalue weighted by atomic mass is 35.5. The summed E-state index contributed by atoms with van der Waals surface area (Å²) in [6.45, 7) is 6.67. The number of piperidine rings is 1. The first-order chi connectivity index (χ1) is 17.2. The lowest BCUT2D eigenvalue weighted by Gasteiger charge is -2.30. The Morgan fingerprint density at radius 1 is 1.22 bits per heavy atom. The van der Waals surface area contributed by atoms with Crippen molar-refractivity contribution in [2.75, 3.05) is 31.2 Å². The van der Waals surface area contributed by atoms with Gasteiger partial charge in [0.1, 0.15) is 23.3 Å². The van der Waals surface area contributed by atoms with E-state index < -0.39 is 11.7 Å². The quantitative estimate of drug-likeness (QED) is 0.349. The van der Waals surface area contributed by atoms with Crippen molar-refractivity contribution in [2.45, 2.75) is 44.9 Å². The van der Waals surface area contributed by atoms with Gasteiger partial charge in [0.2, 0.25) is 5.95 Å². The fraction of sp³-hybridized carbons (Fsp3) is 0.458. The number of nitrogens with one attached hydrogen (secondary N) is 2. The normalized spacial score (nSPS) is 16.3. The molecule has 0 amide bonds. The first kappa shape index (κ1) is 26.7. The monoisotopic (exact) mass is 539 g/mol. The Bertz CT molecular complexity index is 1180. The summed E-state index contributed by atoms with van der Waals surface area (Å²) in [4.78, 5) is 12.5. The fourth-order valence-electron chi connectivity index (χ4n) is 4.22. The topological polar surface area (TPSA) is 70.9 Å². The van der Waals surface area contributed by atoms with Crippen LogP contribution in [-0.4, -0.2) is 55.8 Å². The Kier molecular flexibility index (Phi) is 8.44. The van der Waals surface area contributed by atoms with Crippen LogP contribution in [0.3, 0.4) is 0 Å². The largest absolute Gasteiger partial charge is 0.420 e. The Morgan fingerprint density at radius 3 is 2.61 bits per heavy atom. The minimum absolute atomic E-state index is 0.0890. The SMILES string of the molecule is CCNC(C)c1ccc(-n2cnc(-c3nc(NC4CCN(SC)CC4)ncc3C(F)(F)F)c2)c(Cl)c1. The van der Waals surface area contributed by atoms with Crippen LogP contribution in [0.5, 0.6) is 0 Å². The summed E-state index contributed by atoms with van der Waals surface area (Å²) in [5.41, 5.74) is 0.515. The Balaban J connectivity index is 1.61. The van der Waals surface area contributed by atoms with Crippen LogP contribution >= 0.6 is 23.5 Å². The van der Waals surface area contributed by atoms with Gasteiger partial charge < -0.3 is 15.2 Å². The molecule has 2 N–H and O–H groups in total. The van der Waals surface area contributed by atoms with E-state index in [4.69, 9.17) is 11.6 Å². The lowest BCUT2D eigenvalue weighted by molar-refractivity contribution is -0.137. The average molecular weight is 540 g/mol. The zero-order valence-electron chi connectivity index (χ0n) is 20.3. The molecule has 1 aromatic carbocycles. The van der Waals surface area contributed by atoms with Crippen molar-refractivity contribution >= 4 is 29.5 Å². The van der Waals surface area contributed by atoms with Gasteiger partial charge in [-0.1, -0.05) is 36.5 Å². The van der Waals surface area contributed by atoms with Gasteiger partial charge in [-0.2, -0.15) is 13.2 Å². The van der Waals surface area contributed by atoms with Gasteiger partial charge in [-0.15, -0.1) is 0 Å². The minimum Gasteiger partial charge on any atom is -0.351 e. The third-order valence-corrected chi connectivity index (χ3v) is 7.41. The zero-order chi connectivity index (χ0) is 25.9. The summed E-state index contributed by atoms with van der Waals surface area (Å²) in [7, 11) is 0. The molecular weight excluding hydrogens is 511 g/mol. The highest BCUT2D eigenvalue weighted by molar-refractivity contribution is 7.96. The third-order valence-electron chi connectivity index (χ3n) is 6.22. The molecule has 3 aromatic rings. The second-order valence-corrected chi connectivity index (χ2v) is 9.93. The number of hydrogen-bond donors (Lipinski definition) is 2. The van der Waals surface area contributed by atoms with Crippen LogP contribution in [-0.2, 0) is 6.18 Å². The number of aromatic nitrogens is 4. The van der Waals surface area contributed by atoms with E-state index in [2.05, 4.69) is 29.9 Å². The van der Waals surface area contributed by atoms with Gasteiger partial charge in [0, 0.05) is 37.6 Å². The maximum atomic E-state index is 13.8. The lowest BCUT2D eigenvalue weighted by atomic mass is 10.1. The first-order valence-electron chi connectivity index (χ1n) is 11.8. The van der Waals surface area contributed by atoms with Crippen molar-refractivity contribution in [3.8, 4) is 17.1 Å². The highest BCUT2D eigenvalue weighted by Gasteiger charge is 2.36. The summed E-state index contributed by atoms with van der Waals surface area (Å²) in [5.74, 6) is 0.162. The van der Waals surface area contributed by atoms with Crippen molar-refractivity contribution in [1.29, 1.82) is 0 Å². The maximum Gasteiger partial charge on any atom is 0.420 e. The molecule has 1 atom stereocenters. The molecule has 1 aliphatic rings. The molecule has 0 aliphatic carbocycles. The van der Waals surface area contributed by atoms with Crippen LogP contribution in [0, 0.1) is 0 Å². The van der Waals surface area contributed by atoms with Crippen molar-refractivity contribution in [2.24, 2.45) is 0 Å². The van der Waals surface area contributed by atoms with Crippen molar-refractivity contribution < 1.29 is 13.2 Å². The van der Waals surface area contributed by atoms with Gasteiger partial charge in [-0.25, -0.2) is 15.0 Å². The van der Waals surface area contributed by atoms with E-state index in [0.717, 1.165) is 44.2 Å². The predicted molar refractivity (Wildman–Crippen MR) is 138 cm³/mol. The second-order valence-electron chi connectivity index (χ2n) is 8.64. The second kappa shape index (κ2) is 11.4. The van der Waals surface area contributed by atoms with Gasteiger partial charge in [0.05, 0.1) is 10.7 Å². The smallest absolute Gasteiger partial charge is 0.351 e. The van der Waals surface area contributed by atoms with E-state index in [-0.39, 0.29) is 29.4 Å². The summed E-state index contributed by atoms with van der Waals surface area (Å²) in [6, 6.07) is 5.83. The fourth-order valence-corrected chi connectivity index (χ4v) is 5.08. The molecule has 36 heavy (non-hydrogen) atoms. The van der Waals surface area contributed by atoms with Crippen molar-refractivity contribution in [1.82, 2.24) is 29.1 Å². The third kappa shape index (κ3) is 6.13. The van der Waals surface area contributed by atoms with Crippen LogP contribution < -0.4 is 10.6 Å². The Morgan fingerprint density at radius 2 is 1.97 bits per heavy atom. The van der Waals surface area contributed by atoms with Crippen LogP contribution in [0.2, 0.25) is 5.02 Å². The van der Waals surface area contributed by atoms with E-state index in [1.165, 1.54) is 12.5 Å². The molecule has 7 nitrogen and oxygen atoms in total. The summed E-state index contributed by atoms with van der Waals surface area (Å²) < 4.78 is 45.3. The molecule has 2 aromatic heterocycles. The average Bonchev–Trinajstić information content (AvgIpc) is 3.34. The van der Waals surface area contributed by atoms with Gasteiger partial charge in [-0.05, 0) is 50.3 Å². The molecule has 12 heteroatoms. The van der Waals surface area contributed by atoms with Crippen LogP contribution in [0.1, 0.15) is 43.9 Å². The van der Waals surface area contributed by atoms with Crippen molar-refractivity contribution in [3.05, 3.63) is 53.1 Å². The molecular formula is C24H29ClF3N7S. The zero-order valence-corrected chi connectivity index (χ0v) is 21.9. The molecule has 1 fully saturated rings. The molecule has 0 spiro atoms. The van der Waals surface area contributed by atoms with E-state index in [9.17, 15) is 13.2 Å². The number of hydrogen-bond acceptors (Lipinski definition) is 7. The number of imidazole rings is 1. The summed E-state index contributed by atoms with van der Waals surface area (Å²) in [6.07, 6.45) is 2.90. The molecule has 1 unspecified atom stereocenters. The molecule has 1 aliphatic heterocycles. The van der Waals surface area contributed by atoms with E-state index in [0.29, 0.717) is 10.7 Å². The van der Waals surface area contributed by atoms with E-state index >= 15 is 0 Å². The van der Waals surface area contributed by atoms with Crippen LogP contribution in [0.25, 0.3) is 17.1 Å².